The van der Waals surface area contributed by atoms with E-state index in [9.17, 15) is 0 Å². The topological polar surface area (TPSA) is 35.2 Å². The Bertz CT molecular complexity index is 294. The fourth-order valence-electron chi connectivity index (χ4n) is 1.46. The molecular formula is C13H21NO. The Morgan fingerprint density at radius 3 is 2.47 bits per heavy atom. The highest BCUT2D eigenvalue weighted by Gasteiger charge is 2.05. The molecule has 15 heavy (non-hydrogen) atoms. The van der Waals surface area contributed by atoms with E-state index in [1.54, 1.807) is 0 Å². The molecular weight excluding hydrogens is 186 g/mol. The monoisotopic (exact) mass is 207 g/mol. The van der Waals surface area contributed by atoms with Gasteiger partial charge in [-0.1, -0.05) is 18.2 Å². The van der Waals surface area contributed by atoms with Crippen LogP contribution in [-0.4, -0.2) is 12.1 Å². The van der Waals surface area contributed by atoms with E-state index in [1.807, 2.05) is 39.0 Å². The maximum Gasteiger partial charge on any atom is 0.122 e. The summed E-state index contributed by atoms with van der Waals surface area (Å²) in [5, 5.41) is 0. The number of ether oxygens (including phenoxy) is 1. The van der Waals surface area contributed by atoms with Gasteiger partial charge in [0.25, 0.3) is 0 Å². The maximum atomic E-state index is 5.75. The van der Waals surface area contributed by atoms with Gasteiger partial charge in [-0.3, -0.25) is 0 Å². The van der Waals surface area contributed by atoms with Gasteiger partial charge in [0.05, 0.1) is 6.10 Å². The summed E-state index contributed by atoms with van der Waals surface area (Å²) in [5.74, 6) is 0.994. The van der Waals surface area contributed by atoms with Crippen LogP contribution in [-0.2, 0) is 6.42 Å². The summed E-state index contributed by atoms with van der Waals surface area (Å²) in [5.41, 5.74) is 7.00. The summed E-state index contributed by atoms with van der Waals surface area (Å²) < 4.78 is 5.74. The third-order valence-electron chi connectivity index (χ3n) is 2.20. The highest BCUT2D eigenvalue weighted by atomic mass is 16.5. The van der Waals surface area contributed by atoms with E-state index in [-0.39, 0.29) is 12.1 Å². The number of aryl methyl sites for hydroxylation is 1. The van der Waals surface area contributed by atoms with E-state index < -0.39 is 0 Å². The van der Waals surface area contributed by atoms with Gasteiger partial charge < -0.3 is 10.5 Å². The van der Waals surface area contributed by atoms with Crippen molar-refractivity contribution in [1.82, 2.24) is 0 Å². The molecule has 0 spiro atoms. The lowest BCUT2D eigenvalue weighted by atomic mass is 10.1. The molecule has 0 radical (unpaired) electrons. The molecule has 0 fully saturated rings. The van der Waals surface area contributed by atoms with Crippen molar-refractivity contribution in [2.75, 3.05) is 0 Å². The molecule has 1 aromatic rings. The van der Waals surface area contributed by atoms with Crippen molar-refractivity contribution < 1.29 is 4.74 Å². The molecule has 0 aromatic heterocycles. The molecule has 1 rings (SSSR count). The Morgan fingerprint density at radius 1 is 1.20 bits per heavy atom. The van der Waals surface area contributed by atoms with E-state index in [1.165, 1.54) is 5.56 Å². The number of nitrogens with two attached hydrogens (primary N) is 1. The first kappa shape index (κ1) is 12.1. The van der Waals surface area contributed by atoms with Gasteiger partial charge in [-0.25, -0.2) is 0 Å². The third-order valence-corrected chi connectivity index (χ3v) is 2.20. The van der Waals surface area contributed by atoms with Crippen LogP contribution in [0.15, 0.2) is 24.3 Å². The molecule has 0 aliphatic heterocycles. The normalized spacial score (nSPS) is 12.9. The van der Waals surface area contributed by atoms with Crippen molar-refractivity contribution in [3.8, 4) is 5.75 Å². The summed E-state index contributed by atoms with van der Waals surface area (Å²) >= 11 is 0. The molecule has 0 saturated carbocycles. The minimum absolute atomic E-state index is 0.224. The van der Waals surface area contributed by atoms with Crippen LogP contribution in [0, 0.1) is 0 Å². The minimum Gasteiger partial charge on any atom is -0.491 e. The van der Waals surface area contributed by atoms with E-state index in [0.717, 1.165) is 18.6 Å². The number of hydrogen-bond donors (Lipinski definition) is 1. The summed E-state index contributed by atoms with van der Waals surface area (Å²) in [6, 6.07) is 8.44. The van der Waals surface area contributed by atoms with Crippen molar-refractivity contribution in [1.29, 1.82) is 0 Å². The fourth-order valence-corrected chi connectivity index (χ4v) is 1.46. The lowest BCUT2D eigenvalue weighted by molar-refractivity contribution is 0.239. The van der Waals surface area contributed by atoms with Crippen LogP contribution in [0.4, 0.5) is 0 Å². The molecule has 2 heteroatoms. The van der Waals surface area contributed by atoms with Gasteiger partial charge in [0, 0.05) is 6.04 Å². The van der Waals surface area contributed by atoms with Crippen LogP contribution in [0.5, 0.6) is 5.75 Å². The highest BCUT2D eigenvalue weighted by molar-refractivity contribution is 5.33. The number of para-hydroxylation sites is 1. The molecule has 84 valence electrons. The Hall–Kier alpha value is -1.02. The molecule has 0 aliphatic carbocycles. The summed E-state index contributed by atoms with van der Waals surface area (Å²) in [4.78, 5) is 0. The minimum atomic E-state index is 0.224. The zero-order valence-electron chi connectivity index (χ0n) is 9.86. The molecule has 0 unspecified atom stereocenters. The standard InChI is InChI=1S/C13H21NO/c1-10(2)15-13-7-5-4-6-12(13)9-8-11(3)14/h4-7,10-11H,8-9,14H2,1-3H3/t11-/m1/s1. The zero-order valence-corrected chi connectivity index (χ0v) is 9.86. The Labute approximate surface area is 92.4 Å². The van der Waals surface area contributed by atoms with Crippen molar-refractivity contribution >= 4 is 0 Å². The quantitative estimate of drug-likeness (QED) is 0.805. The van der Waals surface area contributed by atoms with Crippen LogP contribution >= 0.6 is 0 Å². The molecule has 0 bridgehead atoms. The van der Waals surface area contributed by atoms with Crippen molar-refractivity contribution in [3.63, 3.8) is 0 Å². The average molecular weight is 207 g/mol. The second kappa shape index (κ2) is 5.76. The molecule has 0 heterocycles. The summed E-state index contributed by atoms with van der Waals surface area (Å²) in [6.45, 7) is 6.12. The van der Waals surface area contributed by atoms with E-state index in [2.05, 4.69) is 6.07 Å². The molecule has 0 amide bonds. The summed E-state index contributed by atoms with van der Waals surface area (Å²) in [6.07, 6.45) is 2.21. The van der Waals surface area contributed by atoms with Gasteiger partial charge in [-0.15, -0.1) is 0 Å². The fraction of sp³-hybridized carbons (Fsp3) is 0.538. The molecule has 0 aliphatic rings. The first-order chi connectivity index (χ1) is 7.09. The van der Waals surface area contributed by atoms with Crippen LogP contribution in [0.2, 0.25) is 0 Å². The largest absolute Gasteiger partial charge is 0.491 e. The molecule has 1 aromatic carbocycles. The Kier molecular flexibility index (Phi) is 4.63. The van der Waals surface area contributed by atoms with Crippen LogP contribution in [0.25, 0.3) is 0 Å². The van der Waals surface area contributed by atoms with Crippen molar-refractivity contribution in [2.45, 2.75) is 45.8 Å². The van der Waals surface area contributed by atoms with Gasteiger partial charge in [0.1, 0.15) is 5.75 Å². The Morgan fingerprint density at radius 2 is 1.87 bits per heavy atom. The smallest absolute Gasteiger partial charge is 0.122 e. The second-order valence-corrected chi connectivity index (χ2v) is 4.29. The third kappa shape index (κ3) is 4.34. The summed E-state index contributed by atoms with van der Waals surface area (Å²) in [7, 11) is 0. The van der Waals surface area contributed by atoms with Crippen LogP contribution in [0.3, 0.4) is 0 Å². The molecule has 2 nitrogen and oxygen atoms in total. The first-order valence-electron chi connectivity index (χ1n) is 5.59. The molecule has 1 atom stereocenters. The highest BCUT2D eigenvalue weighted by Crippen LogP contribution is 2.21. The van der Waals surface area contributed by atoms with Crippen LogP contribution < -0.4 is 10.5 Å². The molecule has 2 N–H and O–H groups in total. The van der Waals surface area contributed by atoms with Gasteiger partial charge in [0.2, 0.25) is 0 Å². The predicted molar refractivity (Wildman–Crippen MR) is 64.2 cm³/mol. The van der Waals surface area contributed by atoms with Gasteiger partial charge in [-0.05, 0) is 45.2 Å². The Balaban J connectivity index is 2.68. The van der Waals surface area contributed by atoms with E-state index in [0.29, 0.717) is 0 Å². The zero-order chi connectivity index (χ0) is 11.3. The second-order valence-electron chi connectivity index (χ2n) is 4.29. The maximum absolute atomic E-state index is 5.75. The number of benzene rings is 1. The van der Waals surface area contributed by atoms with Crippen molar-refractivity contribution in [3.05, 3.63) is 29.8 Å². The number of rotatable bonds is 5. The average Bonchev–Trinajstić information content (AvgIpc) is 2.15. The van der Waals surface area contributed by atoms with Crippen molar-refractivity contribution in [2.24, 2.45) is 5.73 Å². The van der Waals surface area contributed by atoms with Gasteiger partial charge in [-0.2, -0.15) is 0 Å². The SMILES string of the molecule is CC(C)Oc1ccccc1CC[C@@H](C)N. The van der Waals surface area contributed by atoms with Crippen LogP contribution in [0.1, 0.15) is 32.8 Å². The lowest BCUT2D eigenvalue weighted by Crippen LogP contribution is -2.16. The van der Waals surface area contributed by atoms with Gasteiger partial charge in [0.15, 0.2) is 0 Å². The lowest BCUT2D eigenvalue weighted by Gasteiger charge is -2.14. The molecule has 0 saturated heterocycles. The van der Waals surface area contributed by atoms with E-state index >= 15 is 0 Å². The number of hydrogen-bond acceptors (Lipinski definition) is 2. The van der Waals surface area contributed by atoms with Gasteiger partial charge >= 0.3 is 0 Å². The first-order valence-corrected chi connectivity index (χ1v) is 5.59. The van der Waals surface area contributed by atoms with E-state index in [4.69, 9.17) is 10.5 Å². The predicted octanol–water partition coefficient (Wildman–Crippen LogP) is 2.75.